The van der Waals surface area contributed by atoms with Crippen LogP contribution < -0.4 is 10.6 Å². The van der Waals surface area contributed by atoms with Gasteiger partial charge in [-0.1, -0.05) is 13.8 Å². The molecule has 0 bridgehead atoms. The maximum Gasteiger partial charge on any atom is 0.321 e. The third-order valence-electron chi connectivity index (χ3n) is 3.23. The molecule has 2 amide bonds. The summed E-state index contributed by atoms with van der Waals surface area (Å²) in [5.74, 6) is 0.477. The van der Waals surface area contributed by atoms with E-state index in [4.69, 9.17) is 0 Å². The van der Waals surface area contributed by atoms with Crippen LogP contribution in [0.25, 0.3) is 0 Å². The highest BCUT2D eigenvalue weighted by molar-refractivity contribution is 7.91. The van der Waals surface area contributed by atoms with Gasteiger partial charge in [-0.3, -0.25) is 5.32 Å². The third kappa shape index (κ3) is 3.69. The minimum absolute atomic E-state index is 0.0114. The molecule has 0 saturated carbocycles. The molecule has 1 unspecified atom stereocenters. The number of hydrogen-bond acceptors (Lipinski definition) is 5. The van der Waals surface area contributed by atoms with Crippen LogP contribution >= 0.6 is 11.3 Å². The SMILES string of the molecule is CC(C)c1cnc(NC(=O)NC2(C)CCS(=O)(=O)C2)s1. The predicted molar refractivity (Wildman–Crippen MR) is 80.0 cm³/mol. The van der Waals surface area contributed by atoms with E-state index in [-0.39, 0.29) is 11.5 Å². The third-order valence-corrected chi connectivity index (χ3v) is 6.35. The quantitative estimate of drug-likeness (QED) is 0.892. The highest BCUT2D eigenvalue weighted by Crippen LogP contribution is 2.26. The summed E-state index contributed by atoms with van der Waals surface area (Å²) in [6.07, 6.45) is 2.19. The molecule has 2 N–H and O–H groups in total. The highest BCUT2D eigenvalue weighted by atomic mass is 32.2. The molecule has 0 spiro atoms. The van der Waals surface area contributed by atoms with Crippen molar-refractivity contribution in [1.82, 2.24) is 10.3 Å². The van der Waals surface area contributed by atoms with Crippen molar-refractivity contribution >= 4 is 32.3 Å². The van der Waals surface area contributed by atoms with E-state index >= 15 is 0 Å². The molecule has 1 aliphatic heterocycles. The molecule has 1 aliphatic rings. The normalized spacial score (nSPS) is 24.8. The Bertz CT molecular complexity index is 609. The average Bonchev–Trinajstić information content (AvgIpc) is 2.83. The van der Waals surface area contributed by atoms with Gasteiger partial charge < -0.3 is 5.32 Å². The van der Waals surface area contributed by atoms with Crippen LogP contribution in [0.5, 0.6) is 0 Å². The Morgan fingerprint density at radius 3 is 2.70 bits per heavy atom. The molecule has 8 heteroatoms. The molecular formula is C12H19N3O3S2. The van der Waals surface area contributed by atoms with Crippen LogP contribution in [-0.2, 0) is 9.84 Å². The van der Waals surface area contributed by atoms with Crippen molar-refractivity contribution in [1.29, 1.82) is 0 Å². The number of nitrogens with one attached hydrogen (secondary N) is 2. The van der Waals surface area contributed by atoms with E-state index in [2.05, 4.69) is 29.5 Å². The van der Waals surface area contributed by atoms with Gasteiger partial charge in [0, 0.05) is 11.1 Å². The first-order valence-electron chi connectivity index (χ1n) is 6.44. The Hall–Kier alpha value is -1.15. The lowest BCUT2D eigenvalue weighted by atomic mass is 10.0. The molecule has 1 aromatic heterocycles. The Morgan fingerprint density at radius 1 is 1.50 bits per heavy atom. The maximum absolute atomic E-state index is 11.9. The van der Waals surface area contributed by atoms with Crippen LogP contribution in [-0.4, -0.2) is 36.5 Å². The maximum atomic E-state index is 11.9. The van der Waals surface area contributed by atoms with Gasteiger partial charge in [-0.05, 0) is 19.3 Å². The second-order valence-corrected chi connectivity index (χ2v) is 8.95. The van der Waals surface area contributed by atoms with Gasteiger partial charge in [-0.25, -0.2) is 18.2 Å². The van der Waals surface area contributed by atoms with Crippen LogP contribution in [0.1, 0.15) is 38.0 Å². The minimum atomic E-state index is -3.04. The first-order valence-corrected chi connectivity index (χ1v) is 9.08. The number of sulfone groups is 1. The average molecular weight is 317 g/mol. The highest BCUT2D eigenvalue weighted by Gasteiger charge is 2.39. The number of nitrogens with zero attached hydrogens (tertiary/aromatic N) is 1. The van der Waals surface area contributed by atoms with Crippen molar-refractivity contribution in [3.63, 3.8) is 0 Å². The zero-order valence-corrected chi connectivity index (χ0v) is 13.4. The summed E-state index contributed by atoms with van der Waals surface area (Å²) in [6, 6.07) is -0.408. The number of hydrogen-bond donors (Lipinski definition) is 2. The van der Waals surface area contributed by atoms with E-state index in [9.17, 15) is 13.2 Å². The summed E-state index contributed by atoms with van der Waals surface area (Å²) in [7, 11) is -3.04. The van der Waals surface area contributed by atoms with Crippen molar-refractivity contribution < 1.29 is 13.2 Å². The van der Waals surface area contributed by atoms with Crippen LogP contribution in [0.3, 0.4) is 0 Å². The Balaban J connectivity index is 1.95. The van der Waals surface area contributed by atoms with Crippen LogP contribution in [0, 0.1) is 0 Å². The van der Waals surface area contributed by atoms with E-state index in [1.807, 2.05) is 0 Å². The summed E-state index contributed by atoms with van der Waals surface area (Å²) >= 11 is 1.42. The number of amides is 2. The largest absolute Gasteiger partial charge is 0.332 e. The van der Waals surface area contributed by atoms with Crippen molar-refractivity contribution in [3.8, 4) is 0 Å². The topological polar surface area (TPSA) is 88.2 Å². The first kappa shape index (κ1) is 15.2. The second kappa shape index (κ2) is 5.33. The Morgan fingerprint density at radius 2 is 2.20 bits per heavy atom. The number of rotatable bonds is 3. The lowest BCUT2D eigenvalue weighted by molar-refractivity contribution is 0.242. The van der Waals surface area contributed by atoms with Gasteiger partial charge in [0.05, 0.1) is 17.0 Å². The molecule has 2 heterocycles. The Kier molecular flexibility index (Phi) is 4.06. The van der Waals surface area contributed by atoms with Crippen LogP contribution in [0.4, 0.5) is 9.93 Å². The van der Waals surface area contributed by atoms with E-state index in [1.54, 1.807) is 13.1 Å². The number of aromatic nitrogens is 1. The first-order chi connectivity index (χ1) is 9.19. The van der Waals surface area contributed by atoms with Crippen molar-refractivity contribution in [2.24, 2.45) is 0 Å². The van der Waals surface area contributed by atoms with E-state index in [0.29, 0.717) is 17.5 Å². The zero-order chi connectivity index (χ0) is 15.0. The van der Waals surface area contributed by atoms with Gasteiger partial charge in [-0.15, -0.1) is 11.3 Å². The van der Waals surface area contributed by atoms with E-state index in [1.165, 1.54) is 11.3 Å². The van der Waals surface area contributed by atoms with Gasteiger partial charge in [0.2, 0.25) is 0 Å². The van der Waals surface area contributed by atoms with Crippen LogP contribution in [0.2, 0.25) is 0 Å². The van der Waals surface area contributed by atoms with E-state index in [0.717, 1.165) is 4.88 Å². The minimum Gasteiger partial charge on any atom is -0.332 e. The smallest absolute Gasteiger partial charge is 0.321 e. The molecule has 1 atom stereocenters. The molecule has 1 aromatic rings. The molecule has 112 valence electrons. The van der Waals surface area contributed by atoms with Gasteiger partial charge in [0.1, 0.15) is 0 Å². The summed E-state index contributed by atoms with van der Waals surface area (Å²) in [5, 5.41) is 5.92. The molecule has 2 rings (SSSR count). The number of carbonyl (C=O) groups is 1. The molecule has 1 fully saturated rings. The van der Waals surface area contributed by atoms with Gasteiger partial charge >= 0.3 is 6.03 Å². The van der Waals surface area contributed by atoms with Gasteiger partial charge in [0.15, 0.2) is 15.0 Å². The summed E-state index contributed by atoms with van der Waals surface area (Å²) in [5.41, 5.74) is -0.693. The molecule has 0 aliphatic carbocycles. The molecule has 0 aromatic carbocycles. The fraction of sp³-hybridized carbons (Fsp3) is 0.667. The molecular weight excluding hydrogens is 298 g/mol. The lowest BCUT2D eigenvalue weighted by Gasteiger charge is -2.23. The lowest BCUT2D eigenvalue weighted by Crippen LogP contribution is -2.48. The van der Waals surface area contributed by atoms with Gasteiger partial charge in [-0.2, -0.15) is 0 Å². The number of thiazole rings is 1. The molecule has 6 nitrogen and oxygen atoms in total. The zero-order valence-electron chi connectivity index (χ0n) is 11.8. The predicted octanol–water partition coefficient (Wildman–Crippen LogP) is 1.97. The molecule has 20 heavy (non-hydrogen) atoms. The Labute approximate surface area is 122 Å². The van der Waals surface area contributed by atoms with Crippen molar-refractivity contribution in [3.05, 3.63) is 11.1 Å². The second-order valence-electron chi connectivity index (χ2n) is 5.70. The van der Waals surface area contributed by atoms with Crippen molar-refractivity contribution in [2.45, 2.75) is 38.6 Å². The number of anilines is 1. The van der Waals surface area contributed by atoms with Crippen molar-refractivity contribution in [2.75, 3.05) is 16.8 Å². The standard InChI is InChI=1S/C12H19N3O3S2/c1-8(2)9-6-13-11(19-9)14-10(16)15-12(3)4-5-20(17,18)7-12/h6,8H,4-5,7H2,1-3H3,(H2,13,14,15,16). The summed E-state index contributed by atoms with van der Waals surface area (Å²) in [6.45, 7) is 5.86. The molecule has 0 radical (unpaired) electrons. The fourth-order valence-electron chi connectivity index (χ4n) is 2.12. The number of urea groups is 1. The fourth-order valence-corrected chi connectivity index (χ4v) is 5.03. The van der Waals surface area contributed by atoms with E-state index < -0.39 is 21.4 Å². The summed E-state index contributed by atoms with van der Waals surface area (Å²) in [4.78, 5) is 17.1. The monoisotopic (exact) mass is 317 g/mol. The van der Waals surface area contributed by atoms with Crippen LogP contribution in [0.15, 0.2) is 6.20 Å². The summed E-state index contributed by atoms with van der Waals surface area (Å²) < 4.78 is 23.0. The number of carbonyl (C=O) groups excluding carboxylic acids is 1. The van der Waals surface area contributed by atoms with Gasteiger partial charge in [0.25, 0.3) is 0 Å². The molecule has 1 saturated heterocycles.